The molecule has 0 spiro atoms. The third-order valence-corrected chi connectivity index (χ3v) is 3.42. The lowest BCUT2D eigenvalue weighted by Crippen LogP contribution is -1.85. The molecule has 2 aromatic carbocycles. The van der Waals surface area contributed by atoms with E-state index in [0.717, 1.165) is 16.4 Å². The highest BCUT2D eigenvalue weighted by molar-refractivity contribution is 6.03. The van der Waals surface area contributed by atoms with Gasteiger partial charge in [-0.1, -0.05) is 24.3 Å². The van der Waals surface area contributed by atoms with E-state index in [2.05, 4.69) is 35.4 Å². The Morgan fingerprint density at radius 1 is 1.00 bits per heavy atom. The van der Waals surface area contributed by atoms with Gasteiger partial charge in [-0.25, -0.2) is 4.52 Å². The van der Waals surface area contributed by atoms with E-state index in [-0.39, 0.29) is 0 Å². The summed E-state index contributed by atoms with van der Waals surface area (Å²) in [6.45, 7) is 0. The minimum Gasteiger partial charge on any atom is -0.240 e. The number of benzene rings is 2. The van der Waals surface area contributed by atoms with Crippen LogP contribution >= 0.6 is 0 Å². The molecule has 2 aromatic heterocycles. The van der Waals surface area contributed by atoms with Crippen LogP contribution in [0.1, 0.15) is 5.56 Å². The fourth-order valence-electron chi connectivity index (χ4n) is 2.48. The van der Waals surface area contributed by atoms with Gasteiger partial charge in [-0.05, 0) is 35.0 Å². The Morgan fingerprint density at radius 2 is 1.79 bits per heavy atom. The van der Waals surface area contributed by atoms with Crippen LogP contribution in [-0.2, 0) is 0 Å². The molecule has 88 valence electrons. The van der Waals surface area contributed by atoms with Gasteiger partial charge in [-0.3, -0.25) is 0 Å². The molecule has 0 aliphatic heterocycles. The minimum absolute atomic E-state index is 0.655. The van der Waals surface area contributed by atoms with Gasteiger partial charge in [0.2, 0.25) is 0 Å². The van der Waals surface area contributed by atoms with E-state index >= 15 is 0 Å². The summed E-state index contributed by atoms with van der Waals surface area (Å²) >= 11 is 0. The zero-order chi connectivity index (χ0) is 12.8. The summed E-state index contributed by atoms with van der Waals surface area (Å²) in [5.41, 5.74) is 2.58. The van der Waals surface area contributed by atoms with Gasteiger partial charge in [-0.15, -0.1) is 0 Å². The molecule has 0 N–H and O–H groups in total. The number of nitriles is 1. The van der Waals surface area contributed by atoms with Crippen LogP contribution in [0.5, 0.6) is 0 Å². The van der Waals surface area contributed by atoms with Gasteiger partial charge in [0.15, 0.2) is 0 Å². The van der Waals surface area contributed by atoms with Crippen LogP contribution in [0.15, 0.2) is 54.7 Å². The Morgan fingerprint density at radius 3 is 2.58 bits per heavy atom. The van der Waals surface area contributed by atoms with Gasteiger partial charge in [0.25, 0.3) is 0 Å². The molecular weight excluding hydrogens is 234 g/mol. The van der Waals surface area contributed by atoms with Gasteiger partial charge in [0.1, 0.15) is 0 Å². The van der Waals surface area contributed by atoms with Crippen molar-refractivity contribution in [1.82, 2.24) is 9.61 Å². The molecule has 0 aliphatic rings. The van der Waals surface area contributed by atoms with E-state index in [4.69, 9.17) is 5.26 Å². The maximum Gasteiger partial charge on any atom is 0.0992 e. The van der Waals surface area contributed by atoms with Crippen LogP contribution < -0.4 is 0 Å². The van der Waals surface area contributed by atoms with E-state index in [1.807, 2.05) is 28.9 Å². The van der Waals surface area contributed by atoms with Gasteiger partial charge in [0, 0.05) is 11.6 Å². The molecule has 0 amide bonds. The molecular formula is C16H9N3. The van der Waals surface area contributed by atoms with Crippen molar-refractivity contribution >= 4 is 27.2 Å². The molecule has 0 saturated heterocycles. The molecule has 3 heteroatoms. The molecule has 19 heavy (non-hydrogen) atoms. The van der Waals surface area contributed by atoms with Crippen LogP contribution in [-0.4, -0.2) is 9.61 Å². The van der Waals surface area contributed by atoms with E-state index < -0.39 is 0 Å². The fraction of sp³-hybridized carbons (Fsp3) is 0. The lowest BCUT2D eigenvalue weighted by atomic mass is 10.1. The minimum atomic E-state index is 0.655. The van der Waals surface area contributed by atoms with Crippen molar-refractivity contribution in [2.75, 3.05) is 0 Å². The lowest BCUT2D eigenvalue weighted by molar-refractivity contribution is 0.980. The third kappa shape index (κ3) is 1.40. The number of rotatable bonds is 0. The summed E-state index contributed by atoms with van der Waals surface area (Å²) in [4.78, 5) is 0. The zero-order valence-corrected chi connectivity index (χ0v) is 10.0. The van der Waals surface area contributed by atoms with Crippen molar-refractivity contribution in [3.05, 3.63) is 60.3 Å². The van der Waals surface area contributed by atoms with Crippen LogP contribution in [0.4, 0.5) is 0 Å². The van der Waals surface area contributed by atoms with Gasteiger partial charge >= 0.3 is 0 Å². The number of hydrogen-bond donors (Lipinski definition) is 0. The molecule has 2 heterocycles. The van der Waals surface area contributed by atoms with E-state index in [9.17, 15) is 0 Å². The van der Waals surface area contributed by atoms with Crippen molar-refractivity contribution in [2.45, 2.75) is 0 Å². The second-order valence-electron chi connectivity index (χ2n) is 4.57. The largest absolute Gasteiger partial charge is 0.240 e. The lowest BCUT2D eigenvalue weighted by Gasteiger charge is -1.97. The summed E-state index contributed by atoms with van der Waals surface area (Å²) in [7, 11) is 0. The highest BCUT2D eigenvalue weighted by atomic mass is 15.2. The molecule has 0 fully saturated rings. The van der Waals surface area contributed by atoms with Gasteiger partial charge < -0.3 is 0 Å². The normalized spacial score (nSPS) is 11.1. The predicted octanol–water partition coefficient (Wildman–Crippen LogP) is 3.51. The summed E-state index contributed by atoms with van der Waals surface area (Å²) < 4.78 is 1.82. The molecule has 4 rings (SSSR count). The molecule has 4 aromatic rings. The Balaban J connectivity index is 2.21. The number of nitrogens with zero attached hydrogens (tertiary/aromatic N) is 3. The molecule has 3 nitrogen and oxygen atoms in total. The predicted molar refractivity (Wildman–Crippen MR) is 74.9 cm³/mol. The van der Waals surface area contributed by atoms with E-state index in [0.29, 0.717) is 5.56 Å². The maximum absolute atomic E-state index is 9.00. The van der Waals surface area contributed by atoms with Gasteiger partial charge in [-0.2, -0.15) is 10.4 Å². The van der Waals surface area contributed by atoms with Crippen molar-refractivity contribution in [1.29, 1.82) is 5.26 Å². The van der Waals surface area contributed by atoms with Crippen molar-refractivity contribution in [3.8, 4) is 6.07 Å². The monoisotopic (exact) mass is 243 g/mol. The average molecular weight is 243 g/mol. The number of aromatic nitrogens is 2. The number of pyridine rings is 1. The van der Waals surface area contributed by atoms with Crippen LogP contribution in [0.3, 0.4) is 0 Å². The topological polar surface area (TPSA) is 41.1 Å². The van der Waals surface area contributed by atoms with E-state index in [1.54, 1.807) is 6.07 Å². The smallest absolute Gasteiger partial charge is 0.0992 e. The summed E-state index contributed by atoms with van der Waals surface area (Å²) in [5, 5.41) is 17.0. The third-order valence-electron chi connectivity index (χ3n) is 3.42. The first-order valence-electron chi connectivity index (χ1n) is 6.06. The Hall–Kier alpha value is -2.86. The second-order valence-corrected chi connectivity index (χ2v) is 4.57. The van der Waals surface area contributed by atoms with E-state index in [1.165, 1.54) is 10.8 Å². The first kappa shape index (κ1) is 10.1. The second kappa shape index (κ2) is 3.56. The fourth-order valence-corrected chi connectivity index (χ4v) is 2.48. The average Bonchev–Trinajstić information content (AvgIpc) is 2.81. The Labute approximate surface area is 109 Å². The first-order chi connectivity index (χ1) is 9.35. The standard InChI is InChI=1S/C16H9N3/c17-10-11-5-6-19-16(7-11)14-8-12-3-1-2-4-13(12)9-15(14)18-19/h1-9H. The molecule has 0 atom stereocenters. The maximum atomic E-state index is 9.00. The van der Waals surface area contributed by atoms with Crippen LogP contribution in [0.25, 0.3) is 27.2 Å². The van der Waals surface area contributed by atoms with Crippen molar-refractivity contribution < 1.29 is 0 Å². The summed E-state index contributed by atoms with van der Waals surface area (Å²) in [6, 6.07) is 18.3. The number of hydrogen-bond acceptors (Lipinski definition) is 2. The first-order valence-corrected chi connectivity index (χ1v) is 6.06. The SMILES string of the molecule is N#Cc1ccn2nc3cc4ccccc4cc3c2c1. The summed E-state index contributed by atoms with van der Waals surface area (Å²) in [5.74, 6) is 0. The van der Waals surface area contributed by atoms with Crippen LogP contribution in [0, 0.1) is 11.3 Å². The van der Waals surface area contributed by atoms with Crippen LogP contribution in [0.2, 0.25) is 0 Å². The van der Waals surface area contributed by atoms with Crippen molar-refractivity contribution in [3.63, 3.8) is 0 Å². The zero-order valence-electron chi connectivity index (χ0n) is 10.0. The Bertz CT molecular complexity index is 974. The van der Waals surface area contributed by atoms with Gasteiger partial charge in [0.05, 0.1) is 22.7 Å². The van der Waals surface area contributed by atoms with Crippen molar-refractivity contribution in [2.24, 2.45) is 0 Å². The highest BCUT2D eigenvalue weighted by Gasteiger charge is 2.07. The molecule has 0 aliphatic carbocycles. The molecule has 0 unspecified atom stereocenters. The summed E-state index contributed by atoms with van der Waals surface area (Å²) in [6.07, 6.45) is 1.83. The molecule has 0 saturated carbocycles. The quantitative estimate of drug-likeness (QED) is 0.474. The Kier molecular flexibility index (Phi) is 1.89. The molecule has 0 radical (unpaired) electrons. The highest BCUT2D eigenvalue weighted by Crippen LogP contribution is 2.26. The number of fused-ring (bicyclic) bond motifs is 4. The molecule has 0 bridgehead atoms.